The molecule has 62 heavy (non-hydrogen) atoms. The molecule has 0 amide bonds. The molecular formula is C56H94O6. The minimum Gasteiger partial charge on any atom is -0.462 e. The van der Waals surface area contributed by atoms with E-state index in [9.17, 15) is 14.4 Å². The molecule has 0 aromatic heterocycles. The van der Waals surface area contributed by atoms with Crippen molar-refractivity contribution in [2.75, 3.05) is 13.2 Å². The highest BCUT2D eigenvalue weighted by molar-refractivity contribution is 5.71. The Kier molecular flexibility index (Phi) is 47.5. The van der Waals surface area contributed by atoms with Crippen LogP contribution in [0.1, 0.15) is 233 Å². The number of hydrogen-bond donors (Lipinski definition) is 0. The van der Waals surface area contributed by atoms with E-state index in [4.69, 9.17) is 14.2 Å². The van der Waals surface area contributed by atoms with E-state index in [0.29, 0.717) is 19.3 Å². The van der Waals surface area contributed by atoms with Crippen LogP contribution in [0.2, 0.25) is 0 Å². The van der Waals surface area contributed by atoms with Crippen LogP contribution in [0.15, 0.2) is 85.1 Å². The molecule has 354 valence electrons. The quantitative estimate of drug-likeness (QED) is 0.0263. The van der Waals surface area contributed by atoms with E-state index in [-0.39, 0.29) is 37.5 Å². The van der Waals surface area contributed by atoms with Gasteiger partial charge >= 0.3 is 17.9 Å². The Balaban J connectivity index is 4.51. The van der Waals surface area contributed by atoms with E-state index in [1.807, 2.05) is 54.7 Å². The Morgan fingerprint density at radius 2 is 0.645 bits per heavy atom. The van der Waals surface area contributed by atoms with E-state index < -0.39 is 6.10 Å². The Bertz CT molecular complexity index is 1220. The summed E-state index contributed by atoms with van der Waals surface area (Å²) >= 11 is 0. The highest BCUT2D eigenvalue weighted by atomic mass is 16.6. The van der Waals surface area contributed by atoms with Crippen molar-refractivity contribution in [1.29, 1.82) is 0 Å². The first-order chi connectivity index (χ1) is 30.5. The lowest BCUT2D eigenvalue weighted by molar-refractivity contribution is -0.167. The molecule has 0 N–H and O–H groups in total. The van der Waals surface area contributed by atoms with Gasteiger partial charge in [0.2, 0.25) is 0 Å². The van der Waals surface area contributed by atoms with E-state index in [2.05, 4.69) is 51.2 Å². The maximum absolute atomic E-state index is 12.8. The number of carbonyl (C=O) groups is 3. The smallest absolute Gasteiger partial charge is 0.306 e. The first-order valence-corrected chi connectivity index (χ1v) is 25.7. The molecule has 6 heteroatoms. The molecule has 0 saturated heterocycles. The summed E-state index contributed by atoms with van der Waals surface area (Å²) in [5, 5.41) is 0. The van der Waals surface area contributed by atoms with Gasteiger partial charge in [0, 0.05) is 19.3 Å². The molecule has 0 rings (SSSR count). The van der Waals surface area contributed by atoms with Crippen molar-refractivity contribution in [3.8, 4) is 0 Å². The van der Waals surface area contributed by atoms with Crippen molar-refractivity contribution >= 4 is 17.9 Å². The minimum absolute atomic E-state index is 0.112. The highest BCUT2D eigenvalue weighted by Crippen LogP contribution is 2.15. The van der Waals surface area contributed by atoms with E-state index >= 15 is 0 Å². The van der Waals surface area contributed by atoms with Crippen molar-refractivity contribution < 1.29 is 28.6 Å². The topological polar surface area (TPSA) is 78.9 Å². The Hall–Kier alpha value is -3.41. The average molecular weight is 863 g/mol. The maximum Gasteiger partial charge on any atom is 0.306 e. The summed E-state index contributed by atoms with van der Waals surface area (Å²) < 4.78 is 16.7. The molecule has 0 aromatic carbocycles. The van der Waals surface area contributed by atoms with Crippen molar-refractivity contribution in [1.82, 2.24) is 0 Å². The number of ether oxygens (including phenoxy) is 3. The molecule has 0 aliphatic heterocycles. The Morgan fingerprint density at radius 1 is 0.339 bits per heavy atom. The van der Waals surface area contributed by atoms with Crippen LogP contribution < -0.4 is 0 Å². The zero-order valence-corrected chi connectivity index (χ0v) is 40.4. The maximum atomic E-state index is 12.8. The van der Waals surface area contributed by atoms with Gasteiger partial charge in [0.15, 0.2) is 6.10 Å². The summed E-state index contributed by atoms with van der Waals surface area (Å²) in [6.07, 6.45) is 64.3. The van der Waals surface area contributed by atoms with Crippen LogP contribution in [0, 0.1) is 0 Å². The molecule has 0 heterocycles. The van der Waals surface area contributed by atoms with Crippen molar-refractivity contribution in [3.63, 3.8) is 0 Å². The lowest BCUT2D eigenvalue weighted by atomic mass is 10.0. The van der Waals surface area contributed by atoms with E-state index in [0.717, 1.165) is 64.2 Å². The van der Waals surface area contributed by atoms with Crippen molar-refractivity contribution in [3.05, 3.63) is 85.1 Å². The lowest BCUT2D eigenvalue weighted by Crippen LogP contribution is -2.30. The second-order valence-electron chi connectivity index (χ2n) is 16.9. The van der Waals surface area contributed by atoms with Gasteiger partial charge in [0.05, 0.1) is 0 Å². The standard InChI is InChI=1S/C56H94O6/c1-4-7-10-13-16-19-22-25-27-29-31-34-37-40-43-46-49-55(58)61-52-53(51-60-54(57)48-45-42-39-36-33-30-24-21-18-15-12-9-6-3)62-56(59)50-47-44-41-38-35-32-28-26-23-20-17-14-11-8-5-2/h9,12,15,18,21,24,27,29-31,33-34,36,39,53H,4-8,10-11,13-14,16-17,19-20,22-23,25-26,28,32,35,37-38,40-52H2,1-3H3/b12-9+,18-15+,24-21+,29-27+,33-30+,34-31+,39-36+. The average Bonchev–Trinajstić information content (AvgIpc) is 3.27. The minimum atomic E-state index is -0.814. The van der Waals surface area contributed by atoms with Crippen LogP contribution in [-0.2, 0) is 28.6 Å². The Morgan fingerprint density at radius 3 is 1.08 bits per heavy atom. The molecule has 0 aliphatic rings. The molecule has 6 nitrogen and oxygen atoms in total. The fraction of sp³-hybridized carbons (Fsp3) is 0.696. The first-order valence-electron chi connectivity index (χ1n) is 25.7. The molecule has 1 atom stereocenters. The molecule has 0 aliphatic carbocycles. The summed E-state index contributed by atoms with van der Waals surface area (Å²) in [7, 11) is 0. The van der Waals surface area contributed by atoms with Gasteiger partial charge in [-0.15, -0.1) is 0 Å². The van der Waals surface area contributed by atoms with Gasteiger partial charge in [0.1, 0.15) is 13.2 Å². The summed E-state index contributed by atoms with van der Waals surface area (Å²) in [6, 6.07) is 0. The van der Waals surface area contributed by atoms with Crippen LogP contribution >= 0.6 is 0 Å². The Labute approximate surface area is 382 Å². The van der Waals surface area contributed by atoms with Gasteiger partial charge in [-0.05, 0) is 57.8 Å². The molecule has 0 spiro atoms. The largest absolute Gasteiger partial charge is 0.462 e. The summed E-state index contributed by atoms with van der Waals surface area (Å²) in [4.78, 5) is 37.9. The zero-order chi connectivity index (χ0) is 45.1. The second kappa shape index (κ2) is 50.2. The predicted molar refractivity (Wildman–Crippen MR) is 265 cm³/mol. The molecule has 0 saturated carbocycles. The summed E-state index contributed by atoms with van der Waals surface area (Å²) in [5.74, 6) is -1.01. The van der Waals surface area contributed by atoms with Gasteiger partial charge in [-0.3, -0.25) is 14.4 Å². The molecular weight excluding hydrogens is 769 g/mol. The third-order valence-electron chi connectivity index (χ3n) is 10.8. The monoisotopic (exact) mass is 863 g/mol. The van der Waals surface area contributed by atoms with E-state index in [1.165, 1.54) is 122 Å². The van der Waals surface area contributed by atoms with Crippen LogP contribution in [0.25, 0.3) is 0 Å². The third kappa shape index (κ3) is 47.6. The van der Waals surface area contributed by atoms with Gasteiger partial charge in [0.25, 0.3) is 0 Å². The summed E-state index contributed by atoms with van der Waals surface area (Å²) in [6.45, 7) is 6.40. The highest BCUT2D eigenvalue weighted by Gasteiger charge is 2.19. The predicted octanol–water partition coefficient (Wildman–Crippen LogP) is 16.8. The van der Waals surface area contributed by atoms with Crippen LogP contribution in [0.3, 0.4) is 0 Å². The number of esters is 3. The third-order valence-corrected chi connectivity index (χ3v) is 10.8. The molecule has 0 fully saturated rings. The molecule has 0 bridgehead atoms. The van der Waals surface area contributed by atoms with Gasteiger partial charge < -0.3 is 14.2 Å². The number of unbranched alkanes of at least 4 members (excludes halogenated alkanes) is 25. The molecule has 0 radical (unpaired) electrons. The lowest BCUT2D eigenvalue weighted by Gasteiger charge is -2.18. The fourth-order valence-corrected chi connectivity index (χ4v) is 6.93. The SMILES string of the molecule is CC/C=C/C=C/C=C/C=C/C=C/CCCC(=O)OCC(COC(=O)CCCCC/C=C/C=C/CCCCCCCCC)OC(=O)CCCCCCCCCCCCCCCCC. The second-order valence-corrected chi connectivity index (χ2v) is 16.9. The first kappa shape index (κ1) is 58.6. The van der Waals surface area contributed by atoms with Crippen molar-refractivity contribution in [2.45, 2.75) is 239 Å². The van der Waals surface area contributed by atoms with Crippen LogP contribution in [0.4, 0.5) is 0 Å². The molecule has 1 unspecified atom stereocenters. The number of allylic oxidation sites excluding steroid dienone is 14. The fourth-order valence-electron chi connectivity index (χ4n) is 6.93. The van der Waals surface area contributed by atoms with Crippen LogP contribution in [-0.4, -0.2) is 37.2 Å². The zero-order valence-electron chi connectivity index (χ0n) is 40.4. The van der Waals surface area contributed by atoms with Gasteiger partial charge in [-0.1, -0.05) is 241 Å². The number of rotatable bonds is 45. The van der Waals surface area contributed by atoms with E-state index in [1.54, 1.807) is 0 Å². The number of carbonyl (C=O) groups excluding carboxylic acids is 3. The summed E-state index contributed by atoms with van der Waals surface area (Å²) in [5.41, 5.74) is 0. The molecule has 0 aromatic rings. The van der Waals surface area contributed by atoms with Gasteiger partial charge in [-0.2, -0.15) is 0 Å². The van der Waals surface area contributed by atoms with Crippen molar-refractivity contribution in [2.24, 2.45) is 0 Å². The van der Waals surface area contributed by atoms with Gasteiger partial charge in [-0.25, -0.2) is 0 Å². The number of hydrogen-bond acceptors (Lipinski definition) is 6. The van der Waals surface area contributed by atoms with Crippen LogP contribution in [0.5, 0.6) is 0 Å². The normalized spacial score (nSPS) is 12.8.